The van der Waals surface area contributed by atoms with Crippen LogP contribution in [0.3, 0.4) is 0 Å². The van der Waals surface area contributed by atoms with E-state index in [9.17, 15) is 14.0 Å². The first-order valence-corrected chi connectivity index (χ1v) is 4.88. The molecular formula is C11H9ClFNO3. The zero-order chi connectivity index (χ0) is 13.0. The quantitative estimate of drug-likeness (QED) is 0.508. The van der Waals surface area contributed by atoms with Crippen LogP contribution in [-0.2, 0) is 9.53 Å². The molecule has 0 saturated carbocycles. The highest BCUT2D eigenvalue weighted by atomic mass is 35.5. The number of methoxy groups -OCH3 is 1. The van der Waals surface area contributed by atoms with Crippen LogP contribution in [0.2, 0.25) is 5.02 Å². The van der Waals surface area contributed by atoms with E-state index in [1.165, 1.54) is 6.07 Å². The first-order chi connectivity index (χ1) is 7.95. The predicted octanol–water partition coefficient (Wildman–Crippen LogP) is 1.68. The van der Waals surface area contributed by atoms with Gasteiger partial charge in [-0.1, -0.05) is 11.6 Å². The van der Waals surface area contributed by atoms with E-state index in [1.807, 2.05) is 0 Å². The molecular weight excluding hydrogens is 249 g/mol. The number of benzene rings is 1. The second kappa shape index (κ2) is 5.45. The van der Waals surface area contributed by atoms with Crippen LogP contribution >= 0.6 is 11.6 Å². The summed E-state index contributed by atoms with van der Waals surface area (Å²) in [5.41, 5.74) is 5.09. The topological polar surface area (TPSA) is 69.4 Å². The smallest absolute Gasteiger partial charge is 0.354 e. The highest BCUT2D eigenvalue weighted by Gasteiger charge is 2.10. The number of nitrogens with two attached hydrogens (primary N) is 1. The van der Waals surface area contributed by atoms with Gasteiger partial charge in [-0.3, -0.25) is 4.79 Å². The van der Waals surface area contributed by atoms with Gasteiger partial charge in [0.15, 0.2) is 5.78 Å². The van der Waals surface area contributed by atoms with E-state index < -0.39 is 17.6 Å². The lowest BCUT2D eigenvalue weighted by Gasteiger charge is -2.00. The van der Waals surface area contributed by atoms with Gasteiger partial charge in [0, 0.05) is 11.6 Å². The fraction of sp³-hybridized carbons (Fsp3) is 0.0909. The van der Waals surface area contributed by atoms with Gasteiger partial charge < -0.3 is 10.5 Å². The summed E-state index contributed by atoms with van der Waals surface area (Å²) in [5, 5.41) is -0.180. The number of rotatable bonds is 3. The maximum Gasteiger partial charge on any atom is 0.354 e. The number of hydrogen-bond donors (Lipinski definition) is 1. The van der Waals surface area contributed by atoms with E-state index in [0.29, 0.717) is 0 Å². The maximum absolute atomic E-state index is 12.8. The van der Waals surface area contributed by atoms with Gasteiger partial charge in [0.25, 0.3) is 0 Å². The van der Waals surface area contributed by atoms with E-state index in [0.717, 1.165) is 25.3 Å². The monoisotopic (exact) mass is 257 g/mol. The molecule has 0 aliphatic rings. The largest absolute Gasteiger partial charge is 0.464 e. The molecule has 2 N–H and O–H groups in total. The van der Waals surface area contributed by atoms with E-state index in [-0.39, 0.29) is 16.3 Å². The molecule has 90 valence electrons. The van der Waals surface area contributed by atoms with Gasteiger partial charge in [-0.2, -0.15) is 0 Å². The summed E-state index contributed by atoms with van der Waals surface area (Å²) >= 11 is 5.51. The standard InChI is InChI=1S/C11H9ClFNO3/c1-17-11(16)9(14)5-10(15)6-2-3-8(13)7(12)4-6/h2-5H,14H2,1H3. The lowest BCUT2D eigenvalue weighted by atomic mass is 10.1. The fourth-order valence-electron chi connectivity index (χ4n) is 1.05. The minimum atomic E-state index is -0.813. The summed E-state index contributed by atoms with van der Waals surface area (Å²) < 4.78 is 17.2. The summed E-state index contributed by atoms with van der Waals surface area (Å²) in [6, 6.07) is 3.45. The number of halogens is 2. The molecule has 1 aromatic carbocycles. The molecule has 0 bridgehead atoms. The molecule has 0 aromatic heterocycles. The predicted molar refractivity (Wildman–Crippen MR) is 60.0 cm³/mol. The zero-order valence-corrected chi connectivity index (χ0v) is 9.62. The van der Waals surface area contributed by atoms with Gasteiger partial charge in [-0.15, -0.1) is 0 Å². The van der Waals surface area contributed by atoms with Crippen LogP contribution in [0, 0.1) is 5.82 Å². The molecule has 0 unspecified atom stereocenters. The first-order valence-electron chi connectivity index (χ1n) is 4.50. The highest BCUT2D eigenvalue weighted by Crippen LogP contribution is 2.16. The van der Waals surface area contributed by atoms with Crippen LogP contribution in [0.15, 0.2) is 30.0 Å². The van der Waals surface area contributed by atoms with E-state index in [1.54, 1.807) is 0 Å². The van der Waals surface area contributed by atoms with Crippen molar-refractivity contribution in [1.29, 1.82) is 0 Å². The summed E-state index contributed by atoms with van der Waals surface area (Å²) in [6.07, 6.45) is 0.898. The molecule has 0 radical (unpaired) electrons. The van der Waals surface area contributed by atoms with Crippen molar-refractivity contribution in [3.05, 3.63) is 46.4 Å². The van der Waals surface area contributed by atoms with Gasteiger partial charge in [0.1, 0.15) is 11.5 Å². The molecule has 0 heterocycles. The van der Waals surface area contributed by atoms with Gasteiger partial charge in [0.05, 0.1) is 12.1 Å². The van der Waals surface area contributed by atoms with Gasteiger partial charge >= 0.3 is 5.97 Å². The molecule has 0 amide bonds. The number of esters is 1. The van der Waals surface area contributed by atoms with E-state index in [2.05, 4.69) is 4.74 Å². The molecule has 6 heteroatoms. The molecule has 0 atom stereocenters. The Bertz CT molecular complexity index is 499. The Labute approximate surface area is 102 Å². The minimum absolute atomic E-state index is 0.128. The van der Waals surface area contributed by atoms with Crippen LogP contribution in [0.5, 0.6) is 0 Å². The van der Waals surface area contributed by atoms with Gasteiger partial charge in [-0.25, -0.2) is 9.18 Å². The van der Waals surface area contributed by atoms with Gasteiger partial charge in [0.2, 0.25) is 0 Å². The van der Waals surface area contributed by atoms with Crippen molar-refractivity contribution in [2.75, 3.05) is 7.11 Å². The normalized spacial score (nSPS) is 11.1. The van der Waals surface area contributed by atoms with Crippen LogP contribution in [0.25, 0.3) is 0 Å². The highest BCUT2D eigenvalue weighted by molar-refractivity contribution is 6.31. The second-order valence-corrected chi connectivity index (χ2v) is 3.49. The average Bonchev–Trinajstić information content (AvgIpc) is 2.31. The summed E-state index contributed by atoms with van der Waals surface area (Å²) in [6.45, 7) is 0. The van der Waals surface area contributed by atoms with Crippen molar-refractivity contribution in [2.24, 2.45) is 5.73 Å². The van der Waals surface area contributed by atoms with Crippen molar-refractivity contribution in [2.45, 2.75) is 0 Å². The number of ether oxygens (including phenoxy) is 1. The lowest BCUT2D eigenvalue weighted by Crippen LogP contribution is -2.14. The summed E-state index contributed by atoms with van der Waals surface area (Å²) in [7, 11) is 1.14. The Kier molecular flexibility index (Phi) is 4.23. The Morgan fingerprint density at radius 2 is 2.12 bits per heavy atom. The Morgan fingerprint density at radius 3 is 2.65 bits per heavy atom. The molecule has 0 spiro atoms. The van der Waals surface area contributed by atoms with Crippen LogP contribution < -0.4 is 5.73 Å². The van der Waals surface area contributed by atoms with Crippen molar-refractivity contribution in [3.8, 4) is 0 Å². The van der Waals surface area contributed by atoms with Gasteiger partial charge in [-0.05, 0) is 18.2 Å². The summed E-state index contributed by atoms with van der Waals surface area (Å²) in [5.74, 6) is -2.01. The number of allylic oxidation sites excluding steroid dienone is 1. The van der Waals surface area contributed by atoms with E-state index in [4.69, 9.17) is 17.3 Å². The third kappa shape index (κ3) is 3.29. The zero-order valence-electron chi connectivity index (χ0n) is 8.87. The first kappa shape index (κ1) is 13.2. The third-order valence-electron chi connectivity index (χ3n) is 1.91. The molecule has 0 aliphatic carbocycles. The molecule has 0 fully saturated rings. The second-order valence-electron chi connectivity index (χ2n) is 3.08. The van der Waals surface area contributed by atoms with E-state index >= 15 is 0 Å². The van der Waals surface area contributed by atoms with Crippen LogP contribution in [0.1, 0.15) is 10.4 Å². The average molecular weight is 258 g/mol. The number of ketones is 1. The number of carbonyl (C=O) groups is 2. The number of carbonyl (C=O) groups excluding carboxylic acids is 2. The van der Waals surface area contributed by atoms with Crippen molar-refractivity contribution < 1.29 is 18.7 Å². The molecule has 1 aromatic rings. The molecule has 0 aliphatic heterocycles. The Balaban J connectivity index is 2.98. The SMILES string of the molecule is COC(=O)C(N)=CC(=O)c1ccc(F)c(Cl)c1. The Morgan fingerprint density at radius 1 is 1.47 bits per heavy atom. The molecule has 0 saturated heterocycles. The lowest BCUT2D eigenvalue weighted by molar-refractivity contribution is -0.136. The fourth-order valence-corrected chi connectivity index (χ4v) is 1.23. The van der Waals surface area contributed by atoms with Crippen LogP contribution in [0.4, 0.5) is 4.39 Å². The molecule has 4 nitrogen and oxygen atoms in total. The van der Waals surface area contributed by atoms with Crippen molar-refractivity contribution >= 4 is 23.4 Å². The van der Waals surface area contributed by atoms with Crippen molar-refractivity contribution in [3.63, 3.8) is 0 Å². The molecule has 17 heavy (non-hydrogen) atoms. The summed E-state index contributed by atoms with van der Waals surface area (Å²) in [4.78, 5) is 22.5. The maximum atomic E-state index is 12.8. The molecule has 1 rings (SSSR count). The van der Waals surface area contributed by atoms with Crippen molar-refractivity contribution in [1.82, 2.24) is 0 Å². The minimum Gasteiger partial charge on any atom is -0.464 e. The van der Waals surface area contributed by atoms with Crippen LogP contribution in [-0.4, -0.2) is 18.9 Å². The Hall–Kier alpha value is -1.88. The number of hydrogen-bond acceptors (Lipinski definition) is 4. The third-order valence-corrected chi connectivity index (χ3v) is 2.20.